The number of likely N-dealkylation sites (N-methyl/N-ethyl adjacent to an activating group) is 1. The molecule has 2 aromatic rings. The van der Waals surface area contributed by atoms with E-state index in [0.717, 1.165) is 37.0 Å². The highest BCUT2D eigenvalue weighted by atomic mass is 16.3. The maximum absolute atomic E-state index is 5.58. The molecule has 2 N–H and O–H groups in total. The van der Waals surface area contributed by atoms with Crippen molar-refractivity contribution in [1.82, 2.24) is 9.88 Å². The van der Waals surface area contributed by atoms with Crippen LogP contribution in [0.3, 0.4) is 0 Å². The van der Waals surface area contributed by atoms with Crippen molar-refractivity contribution in [2.24, 2.45) is 5.73 Å². The molecule has 0 radical (unpaired) electrons. The second kappa shape index (κ2) is 5.98. The molecule has 0 amide bonds. The Morgan fingerprint density at radius 3 is 3.06 bits per heavy atom. The first-order valence-corrected chi connectivity index (χ1v) is 6.43. The van der Waals surface area contributed by atoms with Crippen LogP contribution >= 0.6 is 0 Å². The third-order valence-electron chi connectivity index (χ3n) is 3.49. The van der Waals surface area contributed by atoms with Gasteiger partial charge in [-0.1, -0.05) is 6.07 Å². The molecule has 0 bridgehead atoms. The molecule has 4 heteroatoms. The number of rotatable bonds is 6. The predicted molar refractivity (Wildman–Crippen MR) is 73.5 cm³/mol. The summed E-state index contributed by atoms with van der Waals surface area (Å²) >= 11 is 0. The zero-order valence-electron chi connectivity index (χ0n) is 11.1. The molecular formula is C14H21N3O. The lowest BCUT2D eigenvalue weighted by Gasteiger charge is -2.24. The van der Waals surface area contributed by atoms with Crippen molar-refractivity contribution >= 4 is 11.1 Å². The number of fused-ring (bicyclic) bond motifs is 1. The molecule has 0 saturated carbocycles. The van der Waals surface area contributed by atoms with E-state index in [9.17, 15) is 0 Å². The van der Waals surface area contributed by atoms with Crippen molar-refractivity contribution < 1.29 is 4.42 Å². The minimum Gasteiger partial charge on any atom is -0.443 e. The van der Waals surface area contributed by atoms with Crippen LogP contribution in [0.4, 0.5) is 0 Å². The maximum atomic E-state index is 5.58. The molecule has 1 aromatic carbocycles. The van der Waals surface area contributed by atoms with Gasteiger partial charge in [0.05, 0.1) is 0 Å². The van der Waals surface area contributed by atoms with Crippen LogP contribution in [0.15, 0.2) is 29.0 Å². The standard InChI is InChI=1S/C14H21N3O/c1-11(5-7-15)17(2)8-6-12-3-4-13-14(9-12)18-10-16-13/h3-4,9-11H,5-8,15H2,1-2H3. The molecule has 98 valence electrons. The molecule has 0 aliphatic carbocycles. The molecule has 0 aliphatic rings. The summed E-state index contributed by atoms with van der Waals surface area (Å²) in [6.45, 7) is 3.99. The van der Waals surface area contributed by atoms with E-state index in [2.05, 4.69) is 36.0 Å². The largest absolute Gasteiger partial charge is 0.443 e. The second-order valence-corrected chi connectivity index (χ2v) is 4.81. The number of aromatic nitrogens is 1. The minimum atomic E-state index is 0.531. The van der Waals surface area contributed by atoms with Gasteiger partial charge in [-0.3, -0.25) is 0 Å². The lowest BCUT2D eigenvalue weighted by atomic mass is 10.1. The monoisotopic (exact) mass is 247 g/mol. The van der Waals surface area contributed by atoms with Gasteiger partial charge in [0.25, 0.3) is 0 Å². The predicted octanol–water partition coefficient (Wildman–Crippen LogP) is 2.04. The summed E-state index contributed by atoms with van der Waals surface area (Å²) in [5, 5.41) is 0. The van der Waals surface area contributed by atoms with Gasteiger partial charge in [-0.25, -0.2) is 4.98 Å². The van der Waals surface area contributed by atoms with Crippen molar-refractivity contribution in [3.8, 4) is 0 Å². The van der Waals surface area contributed by atoms with Crippen LogP contribution in [0.1, 0.15) is 18.9 Å². The molecule has 0 aliphatic heterocycles. The van der Waals surface area contributed by atoms with Crippen LogP contribution in [-0.4, -0.2) is 36.1 Å². The summed E-state index contributed by atoms with van der Waals surface area (Å²) in [7, 11) is 2.15. The Kier molecular flexibility index (Phi) is 4.33. The van der Waals surface area contributed by atoms with Gasteiger partial charge in [-0.15, -0.1) is 0 Å². The smallest absolute Gasteiger partial charge is 0.181 e. The summed E-state index contributed by atoms with van der Waals surface area (Å²) in [4.78, 5) is 6.46. The van der Waals surface area contributed by atoms with Crippen molar-refractivity contribution in [2.75, 3.05) is 20.1 Å². The lowest BCUT2D eigenvalue weighted by molar-refractivity contribution is 0.251. The summed E-state index contributed by atoms with van der Waals surface area (Å²) in [6, 6.07) is 6.73. The first-order chi connectivity index (χ1) is 8.70. The molecule has 0 fully saturated rings. The van der Waals surface area contributed by atoms with Crippen molar-refractivity contribution in [1.29, 1.82) is 0 Å². The Labute approximate surface area is 108 Å². The van der Waals surface area contributed by atoms with Crippen LogP contribution in [0.25, 0.3) is 11.1 Å². The van der Waals surface area contributed by atoms with Gasteiger partial charge >= 0.3 is 0 Å². The van der Waals surface area contributed by atoms with E-state index in [-0.39, 0.29) is 0 Å². The fourth-order valence-corrected chi connectivity index (χ4v) is 2.04. The molecule has 1 atom stereocenters. The van der Waals surface area contributed by atoms with Gasteiger partial charge in [0.15, 0.2) is 12.0 Å². The van der Waals surface area contributed by atoms with Gasteiger partial charge in [0.2, 0.25) is 0 Å². The van der Waals surface area contributed by atoms with Crippen molar-refractivity contribution in [2.45, 2.75) is 25.8 Å². The summed E-state index contributed by atoms with van der Waals surface area (Å²) < 4.78 is 5.31. The molecule has 1 heterocycles. The molecule has 18 heavy (non-hydrogen) atoms. The molecule has 0 spiro atoms. The zero-order chi connectivity index (χ0) is 13.0. The first kappa shape index (κ1) is 13.1. The van der Waals surface area contributed by atoms with E-state index in [1.54, 1.807) is 0 Å². The first-order valence-electron chi connectivity index (χ1n) is 6.43. The Hall–Kier alpha value is -1.39. The van der Waals surface area contributed by atoms with Crippen molar-refractivity contribution in [3.63, 3.8) is 0 Å². The Morgan fingerprint density at radius 1 is 1.44 bits per heavy atom. The van der Waals surface area contributed by atoms with Gasteiger partial charge in [-0.2, -0.15) is 0 Å². The van der Waals surface area contributed by atoms with E-state index < -0.39 is 0 Å². The highest BCUT2D eigenvalue weighted by Gasteiger charge is 2.08. The Bertz CT molecular complexity index is 494. The van der Waals surface area contributed by atoms with E-state index in [1.807, 2.05) is 6.07 Å². The summed E-state index contributed by atoms with van der Waals surface area (Å²) in [6.07, 6.45) is 3.55. The fraction of sp³-hybridized carbons (Fsp3) is 0.500. The number of hydrogen-bond acceptors (Lipinski definition) is 4. The second-order valence-electron chi connectivity index (χ2n) is 4.81. The SMILES string of the molecule is CC(CCN)N(C)CCc1ccc2ncoc2c1. The minimum absolute atomic E-state index is 0.531. The third kappa shape index (κ3) is 3.09. The molecule has 1 aromatic heterocycles. The molecule has 4 nitrogen and oxygen atoms in total. The third-order valence-corrected chi connectivity index (χ3v) is 3.49. The highest BCUT2D eigenvalue weighted by Crippen LogP contribution is 2.15. The Morgan fingerprint density at radius 2 is 2.28 bits per heavy atom. The van der Waals surface area contributed by atoms with Crippen LogP contribution in [0.2, 0.25) is 0 Å². The van der Waals surface area contributed by atoms with E-state index >= 15 is 0 Å². The average Bonchev–Trinajstić information content (AvgIpc) is 2.83. The number of benzene rings is 1. The molecule has 0 saturated heterocycles. The van der Waals surface area contributed by atoms with Gasteiger partial charge in [0, 0.05) is 12.6 Å². The van der Waals surface area contributed by atoms with Gasteiger partial charge in [-0.05, 0) is 51.1 Å². The maximum Gasteiger partial charge on any atom is 0.181 e. The topological polar surface area (TPSA) is 55.3 Å². The average molecular weight is 247 g/mol. The quantitative estimate of drug-likeness (QED) is 0.848. The molecule has 2 rings (SSSR count). The fourth-order valence-electron chi connectivity index (χ4n) is 2.04. The van der Waals surface area contributed by atoms with E-state index in [4.69, 9.17) is 10.2 Å². The van der Waals surface area contributed by atoms with E-state index in [1.165, 1.54) is 12.0 Å². The summed E-state index contributed by atoms with van der Waals surface area (Å²) in [5.74, 6) is 0. The van der Waals surface area contributed by atoms with Crippen LogP contribution < -0.4 is 5.73 Å². The lowest BCUT2D eigenvalue weighted by Crippen LogP contribution is -2.32. The Balaban J connectivity index is 1.93. The van der Waals surface area contributed by atoms with E-state index in [0.29, 0.717) is 6.04 Å². The zero-order valence-corrected chi connectivity index (χ0v) is 11.1. The number of hydrogen-bond donors (Lipinski definition) is 1. The van der Waals surface area contributed by atoms with Crippen molar-refractivity contribution in [3.05, 3.63) is 30.2 Å². The van der Waals surface area contributed by atoms with Crippen LogP contribution in [-0.2, 0) is 6.42 Å². The number of nitrogens with two attached hydrogens (primary N) is 1. The van der Waals surface area contributed by atoms with Gasteiger partial charge < -0.3 is 15.1 Å². The van der Waals surface area contributed by atoms with Crippen LogP contribution in [0.5, 0.6) is 0 Å². The molecule has 1 unspecified atom stereocenters. The van der Waals surface area contributed by atoms with Gasteiger partial charge in [0.1, 0.15) is 5.52 Å². The van der Waals surface area contributed by atoms with Crippen LogP contribution in [0, 0.1) is 0 Å². The normalized spacial score (nSPS) is 13.3. The number of nitrogens with zero attached hydrogens (tertiary/aromatic N) is 2. The molecular weight excluding hydrogens is 226 g/mol. The summed E-state index contributed by atoms with van der Waals surface area (Å²) in [5.41, 5.74) is 8.65. The number of oxazole rings is 1. The highest BCUT2D eigenvalue weighted by molar-refractivity contribution is 5.72.